The standard InChI is InChI=1S/C17H20O2/c1-5-17(4,15-10-7-6-8-11-15)12-9-13-19-16(18)14(2)3/h5-12H,1-2,13H2,3-4H3/b12-9+/t17-/m1/s1. The molecule has 0 aliphatic carbocycles. The second kappa shape index (κ2) is 6.74. The van der Waals surface area contributed by atoms with Crippen LogP contribution in [0, 0.1) is 0 Å². The first-order valence-electron chi connectivity index (χ1n) is 6.19. The molecule has 0 heterocycles. The first kappa shape index (κ1) is 15.0. The molecule has 0 aromatic heterocycles. The third-order valence-electron chi connectivity index (χ3n) is 2.94. The summed E-state index contributed by atoms with van der Waals surface area (Å²) in [4.78, 5) is 11.2. The molecule has 19 heavy (non-hydrogen) atoms. The first-order valence-corrected chi connectivity index (χ1v) is 6.19. The molecule has 0 spiro atoms. The summed E-state index contributed by atoms with van der Waals surface area (Å²) in [6.45, 7) is 11.3. The molecule has 2 heteroatoms. The van der Waals surface area contributed by atoms with Gasteiger partial charge in [-0.05, 0) is 19.4 Å². The van der Waals surface area contributed by atoms with E-state index in [2.05, 4.69) is 20.1 Å². The van der Waals surface area contributed by atoms with E-state index in [9.17, 15) is 4.79 Å². The molecule has 2 nitrogen and oxygen atoms in total. The van der Waals surface area contributed by atoms with E-state index in [0.29, 0.717) is 5.57 Å². The normalized spacial score (nSPS) is 13.8. The van der Waals surface area contributed by atoms with Gasteiger partial charge in [0.1, 0.15) is 6.61 Å². The van der Waals surface area contributed by atoms with Crippen molar-refractivity contribution < 1.29 is 9.53 Å². The molecule has 1 aromatic carbocycles. The lowest BCUT2D eigenvalue weighted by Crippen LogP contribution is -2.15. The van der Waals surface area contributed by atoms with Crippen LogP contribution in [0.15, 0.2) is 67.3 Å². The third-order valence-corrected chi connectivity index (χ3v) is 2.94. The summed E-state index contributed by atoms with van der Waals surface area (Å²) in [6.07, 6.45) is 5.69. The van der Waals surface area contributed by atoms with Crippen LogP contribution in [0.4, 0.5) is 0 Å². The lowest BCUT2D eigenvalue weighted by atomic mass is 9.82. The summed E-state index contributed by atoms with van der Waals surface area (Å²) in [5, 5.41) is 0. The van der Waals surface area contributed by atoms with Gasteiger partial charge < -0.3 is 4.74 Å². The molecular weight excluding hydrogens is 236 g/mol. The number of allylic oxidation sites excluding steroid dienone is 2. The van der Waals surface area contributed by atoms with E-state index < -0.39 is 0 Å². The van der Waals surface area contributed by atoms with Gasteiger partial charge in [0, 0.05) is 11.0 Å². The van der Waals surface area contributed by atoms with Crippen LogP contribution >= 0.6 is 0 Å². The Bertz CT molecular complexity index is 485. The van der Waals surface area contributed by atoms with Crippen molar-refractivity contribution in [3.63, 3.8) is 0 Å². The molecule has 0 unspecified atom stereocenters. The zero-order valence-corrected chi connectivity index (χ0v) is 11.6. The molecule has 0 aliphatic heterocycles. The van der Waals surface area contributed by atoms with Crippen LogP contribution in [0.1, 0.15) is 19.4 Å². The lowest BCUT2D eigenvalue weighted by Gasteiger charge is -2.22. The molecular formula is C17H20O2. The maximum Gasteiger partial charge on any atom is 0.333 e. The number of esters is 1. The average molecular weight is 256 g/mol. The minimum atomic E-state index is -0.371. The first-order chi connectivity index (χ1) is 8.99. The van der Waals surface area contributed by atoms with Crippen molar-refractivity contribution in [2.24, 2.45) is 0 Å². The second-order valence-corrected chi connectivity index (χ2v) is 4.63. The number of rotatable bonds is 6. The van der Waals surface area contributed by atoms with Crippen LogP contribution in [-0.2, 0) is 14.9 Å². The number of hydrogen-bond acceptors (Lipinski definition) is 2. The molecule has 100 valence electrons. The largest absolute Gasteiger partial charge is 0.458 e. The van der Waals surface area contributed by atoms with E-state index in [1.165, 1.54) is 0 Å². The molecule has 0 saturated carbocycles. The van der Waals surface area contributed by atoms with E-state index in [4.69, 9.17) is 4.74 Å². The fourth-order valence-corrected chi connectivity index (χ4v) is 1.62. The smallest absolute Gasteiger partial charge is 0.333 e. The predicted molar refractivity (Wildman–Crippen MR) is 78.9 cm³/mol. The Morgan fingerprint density at radius 2 is 2.00 bits per heavy atom. The summed E-state index contributed by atoms with van der Waals surface area (Å²) in [5.41, 5.74) is 1.28. The van der Waals surface area contributed by atoms with Crippen LogP contribution in [-0.4, -0.2) is 12.6 Å². The highest BCUT2D eigenvalue weighted by Gasteiger charge is 2.18. The Labute approximate surface area is 115 Å². The maximum atomic E-state index is 11.2. The van der Waals surface area contributed by atoms with Gasteiger partial charge >= 0.3 is 5.97 Å². The van der Waals surface area contributed by atoms with Gasteiger partial charge in [0.05, 0.1) is 0 Å². The maximum absolute atomic E-state index is 11.2. The predicted octanol–water partition coefficient (Wildman–Crippen LogP) is 3.81. The van der Waals surface area contributed by atoms with Gasteiger partial charge in [-0.2, -0.15) is 0 Å². The Balaban J connectivity index is 2.69. The monoisotopic (exact) mass is 256 g/mol. The Hall–Kier alpha value is -2.09. The van der Waals surface area contributed by atoms with E-state index >= 15 is 0 Å². The fraction of sp³-hybridized carbons (Fsp3) is 0.235. The zero-order chi connectivity index (χ0) is 14.3. The quantitative estimate of drug-likeness (QED) is 0.439. The van der Waals surface area contributed by atoms with Gasteiger partial charge in [0.15, 0.2) is 0 Å². The molecule has 0 aliphatic rings. The van der Waals surface area contributed by atoms with Crippen molar-refractivity contribution in [1.82, 2.24) is 0 Å². The van der Waals surface area contributed by atoms with Crippen LogP contribution in [0.25, 0.3) is 0 Å². The van der Waals surface area contributed by atoms with Crippen LogP contribution in [0.2, 0.25) is 0 Å². The molecule has 0 saturated heterocycles. The van der Waals surface area contributed by atoms with Gasteiger partial charge in [-0.1, -0.05) is 55.1 Å². The SMILES string of the molecule is C=C[C@](C)(/C=C/COC(=O)C(=C)C)c1ccccc1. The fourth-order valence-electron chi connectivity index (χ4n) is 1.62. The summed E-state index contributed by atoms with van der Waals surface area (Å²) in [6, 6.07) is 10.1. The number of carbonyl (C=O) groups is 1. The number of benzene rings is 1. The van der Waals surface area contributed by atoms with Crippen LogP contribution in [0.3, 0.4) is 0 Å². The highest BCUT2D eigenvalue weighted by Crippen LogP contribution is 2.26. The third kappa shape index (κ3) is 4.25. The van der Waals surface area contributed by atoms with E-state index in [1.807, 2.05) is 48.6 Å². The van der Waals surface area contributed by atoms with Crippen molar-refractivity contribution in [3.05, 3.63) is 72.9 Å². The van der Waals surface area contributed by atoms with Crippen molar-refractivity contribution in [2.45, 2.75) is 19.3 Å². The highest BCUT2D eigenvalue weighted by molar-refractivity contribution is 5.86. The van der Waals surface area contributed by atoms with Crippen molar-refractivity contribution in [1.29, 1.82) is 0 Å². The molecule has 1 rings (SSSR count). The minimum absolute atomic E-state index is 0.238. The summed E-state index contributed by atoms with van der Waals surface area (Å²) in [5.74, 6) is -0.371. The second-order valence-electron chi connectivity index (χ2n) is 4.63. The molecule has 0 N–H and O–H groups in total. The molecule has 0 fully saturated rings. The average Bonchev–Trinajstić information content (AvgIpc) is 2.43. The van der Waals surface area contributed by atoms with Gasteiger partial charge in [-0.25, -0.2) is 4.79 Å². The van der Waals surface area contributed by atoms with Gasteiger partial charge in [0.2, 0.25) is 0 Å². The van der Waals surface area contributed by atoms with Gasteiger partial charge in [-0.3, -0.25) is 0 Å². The van der Waals surface area contributed by atoms with Crippen molar-refractivity contribution in [3.8, 4) is 0 Å². The molecule has 1 aromatic rings. The van der Waals surface area contributed by atoms with Gasteiger partial charge in [-0.15, -0.1) is 6.58 Å². The molecule has 0 radical (unpaired) electrons. The zero-order valence-electron chi connectivity index (χ0n) is 11.6. The van der Waals surface area contributed by atoms with E-state index in [-0.39, 0.29) is 18.0 Å². The Morgan fingerprint density at radius 1 is 1.37 bits per heavy atom. The number of hydrogen-bond donors (Lipinski definition) is 0. The Morgan fingerprint density at radius 3 is 2.53 bits per heavy atom. The van der Waals surface area contributed by atoms with E-state index in [1.54, 1.807) is 6.92 Å². The number of ether oxygens (including phenoxy) is 1. The van der Waals surface area contributed by atoms with Crippen molar-refractivity contribution in [2.75, 3.05) is 6.61 Å². The summed E-state index contributed by atoms with van der Waals surface area (Å²) in [7, 11) is 0. The van der Waals surface area contributed by atoms with E-state index in [0.717, 1.165) is 5.56 Å². The highest BCUT2D eigenvalue weighted by atomic mass is 16.5. The lowest BCUT2D eigenvalue weighted by molar-refractivity contribution is -0.137. The van der Waals surface area contributed by atoms with Crippen LogP contribution < -0.4 is 0 Å². The molecule has 0 bridgehead atoms. The minimum Gasteiger partial charge on any atom is -0.458 e. The topological polar surface area (TPSA) is 26.3 Å². The molecule has 1 atom stereocenters. The molecule has 0 amide bonds. The van der Waals surface area contributed by atoms with Crippen molar-refractivity contribution >= 4 is 5.97 Å². The summed E-state index contributed by atoms with van der Waals surface area (Å²) >= 11 is 0. The number of carbonyl (C=O) groups excluding carboxylic acids is 1. The summed E-state index contributed by atoms with van der Waals surface area (Å²) < 4.78 is 5.02. The van der Waals surface area contributed by atoms with Gasteiger partial charge in [0.25, 0.3) is 0 Å². The Kier molecular flexibility index (Phi) is 5.31. The van der Waals surface area contributed by atoms with Crippen LogP contribution in [0.5, 0.6) is 0 Å².